The first-order valence-electron chi connectivity index (χ1n) is 15.9. The molecule has 46 heavy (non-hydrogen) atoms. The third-order valence-electron chi connectivity index (χ3n) is 8.28. The second kappa shape index (κ2) is 14.8. The summed E-state index contributed by atoms with van der Waals surface area (Å²) < 4.78 is 7.54. The quantitative estimate of drug-likeness (QED) is 0.124. The Morgan fingerprint density at radius 2 is 1.59 bits per heavy atom. The van der Waals surface area contributed by atoms with E-state index in [-0.39, 0.29) is 20.1 Å². The van der Waals surface area contributed by atoms with Gasteiger partial charge in [-0.25, -0.2) is 4.98 Å². The second-order valence-corrected chi connectivity index (χ2v) is 25.1. The largest absolute Gasteiger partial charge is 0.486 e. The average molecular weight is 849 g/mol. The summed E-state index contributed by atoms with van der Waals surface area (Å²) in [7, 11) is 0. The molecule has 4 aromatic heterocycles. The van der Waals surface area contributed by atoms with Crippen molar-refractivity contribution in [3.63, 3.8) is 0 Å². The average Bonchev–Trinajstić information content (AvgIpc) is 3.39. The monoisotopic (exact) mass is 850 g/mol. The van der Waals surface area contributed by atoms with E-state index in [1.54, 1.807) is 6.20 Å². The molecule has 4 nitrogen and oxygen atoms in total. The smallest absolute Gasteiger partial charge is 0.216 e. The van der Waals surface area contributed by atoms with Gasteiger partial charge in [0, 0.05) is 37.9 Å². The number of rotatable bonds is 6. The van der Waals surface area contributed by atoms with Crippen LogP contribution in [0.3, 0.4) is 0 Å². The number of furan rings is 1. The summed E-state index contributed by atoms with van der Waals surface area (Å²) in [6.45, 7) is 13.6. The molecule has 6 rings (SSSR count). The second-order valence-electron chi connectivity index (χ2n) is 14.6. The summed E-state index contributed by atoms with van der Waals surface area (Å²) in [4.78, 5) is 13.6. The van der Waals surface area contributed by atoms with Crippen LogP contribution in [0.4, 0.5) is 0 Å². The third-order valence-corrected chi connectivity index (χ3v) is 12.6. The Morgan fingerprint density at radius 3 is 2.26 bits per heavy atom. The van der Waals surface area contributed by atoms with Crippen LogP contribution in [0.5, 0.6) is 0 Å². The standard InChI is InChI=1S/C21H19N2O.C19H26GeN.Ir/c1-13(2)14(3)15-9-11-22-19(12-15)18-7-4-6-16-17-8-5-10-23-21(17)24-20(16)18;1-19(2,3)13-16-12-18(15-10-8-7-9-11-15)21-14-17(16)20(4,5)6;/h4-6,8-14H,1-3H3;7-10,12,14H,13H2,1-6H3;/q2*-1;. The Bertz CT molecular complexity index is 1900. The fourth-order valence-corrected chi connectivity index (χ4v) is 8.91. The Labute approximate surface area is 291 Å². The minimum absolute atomic E-state index is 0. The van der Waals surface area contributed by atoms with E-state index in [4.69, 9.17) is 9.40 Å². The number of aromatic nitrogens is 3. The first-order chi connectivity index (χ1) is 21.3. The molecule has 241 valence electrons. The van der Waals surface area contributed by atoms with E-state index >= 15 is 0 Å². The van der Waals surface area contributed by atoms with Crippen molar-refractivity contribution < 1.29 is 24.5 Å². The number of hydrogen-bond donors (Lipinski definition) is 0. The Kier molecular flexibility index (Phi) is 11.5. The van der Waals surface area contributed by atoms with E-state index in [2.05, 4.69) is 111 Å². The molecule has 0 aliphatic carbocycles. The molecule has 1 unspecified atom stereocenters. The van der Waals surface area contributed by atoms with E-state index in [0.29, 0.717) is 23.0 Å². The predicted octanol–water partition coefficient (Wildman–Crippen LogP) is 10.3. The van der Waals surface area contributed by atoms with Crippen molar-refractivity contribution >= 4 is 39.7 Å². The number of benzene rings is 2. The molecule has 0 spiro atoms. The van der Waals surface area contributed by atoms with Gasteiger partial charge in [0.2, 0.25) is 5.71 Å². The molecule has 0 N–H and O–H groups in total. The van der Waals surface area contributed by atoms with Crippen LogP contribution < -0.4 is 4.40 Å². The Morgan fingerprint density at radius 1 is 0.804 bits per heavy atom. The van der Waals surface area contributed by atoms with Crippen molar-refractivity contribution in [2.75, 3.05) is 0 Å². The third kappa shape index (κ3) is 8.42. The van der Waals surface area contributed by atoms with Crippen LogP contribution in [0.15, 0.2) is 89.7 Å². The van der Waals surface area contributed by atoms with Crippen LogP contribution in [0.2, 0.25) is 17.3 Å². The van der Waals surface area contributed by atoms with Crippen LogP contribution in [0.25, 0.3) is 44.6 Å². The zero-order valence-electron chi connectivity index (χ0n) is 28.5. The topological polar surface area (TPSA) is 51.8 Å². The Hall–Kier alpha value is -3.12. The fraction of sp³-hybridized carbons (Fsp3) is 0.325. The normalized spacial score (nSPS) is 12.5. The van der Waals surface area contributed by atoms with Gasteiger partial charge in [-0.1, -0.05) is 43.4 Å². The predicted molar refractivity (Wildman–Crippen MR) is 191 cm³/mol. The molecule has 0 bridgehead atoms. The van der Waals surface area contributed by atoms with Crippen molar-refractivity contribution in [1.29, 1.82) is 0 Å². The molecule has 1 radical (unpaired) electrons. The number of nitrogens with zero attached hydrogens (tertiary/aromatic N) is 3. The molecule has 6 heteroatoms. The maximum Gasteiger partial charge on any atom is 0.216 e. The first kappa shape index (κ1) is 35.7. The Balaban J connectivity index is 0.000000207. The van der Waals surface area contributed by atoms with E-state index in [0.717, 1.165) is 45.3 Å². The van der Waals surface area contributed by atoms with Crippen molar-refractivity contribution in [2.24, 2.45) is 11.3 Å². The minimum atomic E-state index is -1.90. The maximum atomic E-state index is 6.00. The summed E-state index contributed by atoms with van der Waals surface area (Å²) in [6.07, 6.45) is 6.86. The molecule has 6 aromatic rings. The van der Waals surface area contributed by atoms with Gasteiger partial charge in [0.15, 0.2) is 0 Å². The van der Waals surface area contributed by atoms with Crippen molar-refractivity contribution in [3.8, 4) is 22.5 Å². The zero-order chi connectivity index (χ0) is 32.4. The van der Waals surface area contributed by atoms with Crippen molar-refractivity contribution in [2.45, 2.75) is 71.1 Å². The molecule has 1 atom stereocenters. The molecule has 0 fully saturated rings. The maximum absolute atomic E-state index is 6.00. The summed E-state index contributed by atoms with van der Waals surface area (Å²) >= 11 is -1.90. The summed E-state index contributed by atoms with van der Waals surface area (Å²) in [5.74, 6) is 8.38. The zero-order valence-corrected chi connectivity index (χ0v) is 33.0. The molecule has 0 saturated carbocycles. The molecule has 2 aromatic carbocycles. The van der Waals surface area contributed by atoms with Gasteiger partial charge in [0.1, 0.15) is 0 Å². The van der Waals surface area contributed by atoms with Crippen LogP contribution in [0, 0.1) is 23.5 Å². The van der Waals surface area contributed by atoms with Crippen molar-refractivity contribution in [3.05, 3.63) is 109 Å². The first-order valence-corrected chi connectivity index (χ1v) is 23.3. The van der Waals surface area contributed by atoms with E-state index < -0.39 is 13.3 Å². The van der Waals surface area contributed by atoms with E-state index in [1.165, 1.54) is 15.5 Å². The summed E-state index contributed by atoms with van der Waals surface area (Å²) in [5.41, 5.74) is 8.43. The van der Waals surface area contributed by atoms with Gasteiger partial charge in [0.05, 0.1) is 5.58 Å². The molecular weight excluding hydrogens is 803 g/mol. The van der Waals surface area contributed by atoms with E-state index in [1.807, 2.05) is 48.7 Å². The van der Waals surface area contributed by atoms with Gasteiger partial charge < -0.3 is 9.40 Å². The van der Waals surface area contributed by atoms with E-state index in [9.17, 15) is 0 Å². The summed E-state index contributed by atoms with van der Waals surface area (Å²) in [6, 6.07) is 29.1. The molecule has 0 aliphatic rings. The van der Waals surface area contributed by atoms with Gasteiger partial charge in [-0.2, -0.15) is 0 Å². The molecule has 0 aliphatic heterocycles. The van der Waals surface area contributed by atoms with Gasteiger partial charge in [-0.05, 0) is 35.7 Å². The number of hydrogen-bond acceptors (Lipinski definition) is 4. The summed E-state index contributed by atoms with van der Waals surface area (Å²) in [5, 5.41) is 2.07. The van der Waals surface area contributed by atoms with Crippen LogP contribution >= 0.6 is 0 Å². The van der Waals surface area contributed by atoms with Gasteiger partial charge in [-0.3, -0.25) is 0 Å². The van der Waals surface area contributed by atoms with Gasteiger partial charge in [-0.15, -0.1) is 18.2 Å². The van der Waals surface area contributed by atoms with Crippen molar-refractivity contribution in [1.82, 2.24) is 15.0 Å². The molecular formula is C40H45GeIrN3O-2. The minimum Gasteiger partial charge on any atom is -0.486 e. The number of fused-ring (bicyclic) bond motifs is 3. The van der Waals surface area contributed by atoms with Crippen LogP contribution in [-0.4, -0.2) is 28.2 Å². The van der Waals surface area contributed by atoms with Gasteiger partial charge in [0.25, 0.3) is 0 Å². The molecule has 0 amide bonds. The van der Waals surface area contributed by atoms with Gasteiger partial charge >= 0.3 is 132 Å². The molecule has 0 saturated heterocycles. The fourth-order valence-electron chi connectivity index (χ4n) is 5.61. The number of pyridine rings is 3. The van der Waals surface area contributed by atoms with Crippen LogP contribution in [0.1, 0.15) is 58.6 Å². The SMILES string of the molecule is CC(C)(C)Cc1cc(-c2[c-]cccc2)nc[c]1[Ge]([CH3])([CH3])[CH3].CC(C)C(C)c1ccnc(-c2[c-]ccc3c2oc2ncccc23)c1.[Ir]. The molecule has 4 heterocycles. The van der Waals surface area contributed by atoms with Crippen LogP contribution in [-0.2, 0) is 26.5 Å².